The number of aromatic amines is 2. The van der Waals surface area contributed by atoms with Crippen LogP contribution in [-0.2, 0) is 0 Å². The van der Waals surface area contributed by atoms with Crippen LogP contribution in [0.3, 0.4) is 0 Å². The third-order valence-electron chi connectivity index (χ3n) is 8.29. The number of para-hydroxylation sites is 5. The van der Waals surface area contributed by atoms with Gasteiger partial charge in [0.05, 0.1) is 27.8 Å². The zero-order valence-corrected chi connectivity index (χ0v) is 21.1. The third-order valence-corrected chi connectivity index (χ3v) is 8.29. The maximum absolute atomic E-state index is 3.71. The Labute approximate surface area is 223 Å². The van der Waals surface area contributed by atoms with E-state index < -0.39 is 0 Å². The molecule has 0 spiro atoms. The van der Waals surface area contributed by atoms with Crippen molar-refractivity contribution >= 4 is 65.4 Å². The number of rotatable bonds is 2. The Morgan fingerprint density at radius 1 is 0.410 bits per heavy atom. The minimum atomic E-state index is 1.16. The van der Waals surface area contributed by atoms with Crippen molar-refractivity contribution in [2.75, 3.05) is 0 Å². The van der Waals surface area contributed by atoms with Crippen molar-refractivity contribution in [3.8, 4) is 16.8 Å². The molecular weight excluding hydrogens is 474 g/mol. The summed E-state index contributed by atoms with van der Waals surface area (Å²) in [6.45, 7) is 0. The van der Waals surface area contributed by atoms with Gasteiger partial charge >= 0.3 is 0 Å². The zero-order chi connectivity index (χ0) is 25.5. The molecule has 3 heteroatoms. The molecule has 0 saturated heterocycles. The maximum atomic E-state index is 3.71. The van der Waals surface area contributed by atoms with E-state index in [-0.39, 0.29) is 0 Å². The van der Waals surface area contributed by atoms with Crippen molar-refractivity contribution in [1.29, 1.82) is 0 Å². The maximum Gasteiger partial charge on any atom is 0.0709 e. The molecule has 182 valence electrons. The van der Waals surface area contributed by atoms with Crippen LogP contribution in [0.1, 0.15) is 0 Å². The average Bonchev–Trinajstić information content (AvgIpc) is 3.66. The molecule has 0 bridgehead atoms. The molecule has 39 heavy (non-hydrogen) atoms. The largest absolute Gasteiger partial charge is 0.354 e. The van der Waals surface area contributed by atoms with Gasteiger partial charge in [-0.25, -0.2) is 0 Å². The number of aromatic nitrogens is 3. The van der Waals surface area contributed by atoms with E-state index in [1.807, 2.05) is 0 Å². The van der Waals surface area contributed by atoms with Gasteiger partial charge in [-0.05, 0) is 42.0 Å². The summed E-state index contributed by atoms with van der Waals surface area (Å²) in [5.41, 5.74) is 10.7. The summed E-state index contributed by atoms with van der Waals surface area (Å²) in [6, 6.07) is 46.0. The van der Waals surface area contributed by atoms with Gasteiger partial charge in [0, 0.05) is 48.9 Å². The highest BCUT2D eigenvalue weighted by Crippen LogP contribution is 2.39. The summed E-state index contributed by atoms with van der Waals surface area (Å²) in [6.07, 6.45) is 0. The number of hydrogen-bond acceptors (Lipinski definition) is 0. The molecule has 0 unspecified atom stereocenters. The first-order chi connectivity index (χ1) is 19.3. The highest BCUT2D eigenvalue weighted by Gasteiger charge is 2.17. The van der Waals surface area contributed by atoms with Crippen molar-refractivity contribution in [1.82, 2.24) is 14.5 Å². The first-order valence-corrected chi connectivity index (χ1v) is 13.4. The quantitative estimate of drug-likeness (QED) is 0.238. The molecule has 9 aromatic rings. The molecule has 0 atom stereocenters. The van der Waals surface area contributed by atoms with Crippen LogP contribution in [0.4, 0.5) is 0 Å². The van der Waals surface area contributed by atoms with E-state index in [9.17, 15) is 0 Å². The Morgan fingerprint density at radius 2 is 1.00 bits per heavy atom. The monoisotopic (exact) mass is 497 g/mol. The molecule has 0 fully saturated rings. The summed E-state index contributed by atoms with van der Waals surface area (Å²) >= 11 is 0. The predicted molar refractivity (Wildman–Crippen MR) is 165 cm³/mol. The SMILES string of the molecule is c1ccc2c(c1)[nH]c1c(-c3ccc4c(c3)c3ccccc3n4-c3cccc4c3[nH]c3ccccc34)cccc12. The van der Waals surface area contributed by atoms with E-state index in [0.29, 0.717) is 0 Å². The van der Waals surface area contributed by atoms with E-state index >= 15 is 0 Å². The minimum Gasteiger partial charge on any atom is -0.354 e. The van der Waals surface area contributed by atoms with Crippen LogP contribution in [0.2, 0.25) is 0 Å². The molecule has 0 amide bonds. The second-order valence-corrected chi connectivity index (χ2v) is 10.4. The summed E-state index contributed by atoms with van der Waals surface area (Å²) in [4.78, 5) is 7.39. The van der Waals surface area contributed by atoms with Crippen LogP contribution in [0.5, 0.6) is 0 Å². The van der Waals surface area contributed by atoms with Crippen molar-refractivity contribution in [3.05, 3.63) is 127 Å². The Kier molecular flexibility index (Phi) is 4.05. The molecule has 0 aliphatic heterocycles. The van der Waals surface area contributed by atoms with Gasteiger partial charge in [-0.1, -0.05) is 91.0 Å². The number of fused-ring (bicyclic) bond motifs is 9. The molecule has 6 aromatic carbocycles. The number of benzene rings is 6. The van der Waals surface area contributed by atoms with E-state index in [1.165, 1.54) is 71.2 Å². The van der Waals surface area contributed by atoms with Crippen LogP contribution >= 0.6 is 0 Å². The molecular formula is C36H23N3. The van der Waals surface area contributed by atoms with Gasteiger partial charge < -0.3 is 14.5 Å². The lowest BCUT2D eigenvalue weighted by molar-refractivity contribution is 1.19. The second kappa shape index (κ2) is 7.62. The molecule has 0 saturated carbocycles. The topological polar surface area (TPSA) is 36.5 Å². The van der Waals surface area contributed by atoms with Crippen LogP contribution in [0.15, 0.2) is 127 Å². The van der Waals surface area contributed by atoms with Gasteiger partial charge in [0.25, 0.3) is 0 Å². The Hall–Kier alpha value is -5.28. The first kappa shape index (κ1) is 20.7. The predicted octanol–water partition coefficient (Wildman–Crippen LogP) is 9.72. The lowest BCUT2D eigenvalue weighted by Gasteiger charge is -2.10. The van der Waals surface area contributed by atoms with Crippen molar-refractivity contribution in [2.45, 2.75) is 0 Å². The fourth-order valence-corrected chi connectivity index (χ4v) is 6.56. The molecule has 3 heterocycles. The third kappa shape index (κ3) is 2.82. The van der Waals surface area contributed by atoms with E-state index in [2.05, 4.69) is 142 Å². The smallest absolute Gasteiger partial charge is 0.0709 e. The molecule has 3 nitrogen and oxygen atoms in total. The van der Waals surface area contributed by atoms with E-state index in [4.69, 9.17) is 0 Å². The van der Waals surface area contributed by atoms with E-state index in [0.717, 1.165) is 11.0 Å². The molecule has 9 rings (SSSR count). The van der Waals surface area contributed by atoms with Gasteiger partial charge in [-0.3, -0.25) is 0 Å². The normalized spacial score (nSPS) is 12.1. The number of nitrogens with zero attached hydrogens (tertiary/aromatic N) is 1. The lowest BCUT2D eigenvalue weighted by atomic mass is 10.00. The zero-order valence-electron chi connectivity index (χ0n) is 21.1. The number of hydrogen-bond donors (Lipinski definition) is 2. The molecule has 0 radical (unpaired) electrons. The van der Waals surface area contributed by atoms with E-state index in [1.54, 1.807) is 0 Å². The Bertz CT molecular complexity index is 2400. The first-order valence-electron chi connectivity index (χ1n) is 13.4. The van der Waals surface area contributed by atoms with Crippen LogP contribution in [-0.4, -0.2) is 14.5 Å². The summed E-state index contributed by atoms with van der Waals surface area (Å²) in [7, 11) is 0. The molecule has 3 aromatic heterocycles. The molecule has 0 aliphatic rings. The van der Waals surface area contributed by atoms with Gasteiger partial charge in [0.2, 0.25) is 0 Å². The van der Waals surface area contributed by atoms with Gasteiger partial charge in [-0.2, -0.15) is 0 Å². The fourth-order valence-electron chi connectivity index (χ4n) is 6.56. The number of nitrogens with one attached hydrogen (secondary N) is 2. The lowest BCUT2D eigenvalue weighted by Crippen LogP contribution is -1.95. The Morgan fingerprint density at radius 3 is 1.79 bits per heavy atom. The van der Waals surface area contributed by atoms with Gasteiger partial charge in [0.1, 0.15) is 0 Å². The highest BCUT2D eigenvalue weighted by molar-refractivity contribution is 6.16. The standard InChI is InChI=1S/C36H23N3/c1-4-15-30-24(9-1)27-13-7-12-23(35(27)37-30)22-19-20-33-29(21-22)26-11-3-6-17-32(26)39(33)34-18-8-14-28-25-10-2-5-16-31(25)38-36(28)34/h1-21,37-38H. The highest BCUT2D eigenvalue weighted by atomic mass is 15.0. The van der Waals surface area contributed by atoms with Crippen molar-refractivity contribution in [3.63, 3.8) is 0 Å². The fraction of sp³-hybridized carbons (Fsp3) is 0. The summed E-state index contributed by atoms with van der Waals surface area (Å²) in [5, 5.41) is 7.53. The number of H-pyrrole nitrogens is 2. The minimum absolute atomic E-state index is 1.16. The molecule has 0 aliphatic carbocycles. The van der Waals surface area contributed by atoms with Crippen LogP contribution in [0, 0.1) is 0 Å². The van der Waals surface area contributed by atoms with Crippen molar-refractivity contribution in [2.24, 2.45) is 0 Å². The molecule has 2 N–H and O–H groups in total. The van der Waals surface area contributed by atoms with Crippen LogP contribution in [0.25, 0.3) is 82.2 Å². The summed E-state index contributed by atoms with van der Waals surface area (Å²) < 4.78 is 2.41. The van der Waals surface area contributed by atoms with Crippen molar-refractivity contribution < 1.29 is 0 Å². The van der Waals surface area contributed by atoms with Gasteiger partial charge in [0.15, 0.2) is 0 Å². The second-order valence-electron chi connectivity index (χ2n) is 10.4. The summed E-state index contributed by atoms with van der Waals surface area (Å²) in [5.74, 6) is 0. The van der Waals surface area contributed by atoms with Crippen LogP contribution < -0.4 is 0 Å². The average molecular weight is 498 g/mol. The Balaban J connectivity index is 1.34. The van der Waals surface area contributed by atoms with Gasteiger partial charge in [-0.15, -0.1) is 0 Å².